The Kier molecular flexibility index (Phi) is 2.86. The lowest BCUT2D eigenvalue weighted by Crippen LogP contribution is -2.57. The van der Waals surface area contributed by atoms with Gasteiger partial charge in [-0.15, -0.1) is 0 Å². The van der Waals surface area contributed by atoms with Crippen molar-refractivity contribution in [2.24, 2.45) is 11.5 Å². The van der Waals surface area contributed by atoms with E-state index in [2.05, 4.69) is 0 Å². The molecule has 0 spiro atoms. The fourth-order valence-corrected chi connectivity index (χ4v) is 1.65. The van der Waals surface area contributed by atoms with E-state index in [1.54, 1.807) is 24.3 Å². The SMILES string of the molecule is NC(=O)c1ccccc1OC1CN(C(N)=O)C1. The first-order chi connectivity index (χ1) is 8.08. The summed E-state index contributed by atoms with van der Waals surface area (Å²) in [5.74, 6) is -0.0965. The summed E-state index contributed by atoms with van der Waals surface area (Å²) < 4.78 is 5.57. The molecule has 1 heterocycles. The number of primary amides is 2. The summed E-state index contributed by atoms with van der Waals surface area (Å²) in [6.45, 7) is 0.866. The number of hydrogen-bond donors (Lipinski definition) is 2. The van der Waals surface area contributed by atoms with Crippen LogP contribution in [0.4, 0.5) is 4.79 Å². The number of rotatable bonds is 3. The topological polar surface area (TPSA) is 98.7 Å². The Morgan fingerprint density at radius 2 is 1.88 bits per heavy atom. The van der Waals surface area contributed by atoms with Gasteiger partial charge in [-0.25, -0.2) is 4.79 Å². The van der Waals surface area contributed by atoms with Gasteiger partial charge in [0.15, 0.2) is 0 Å². The Morgan fingerprint density at radius 3 is 2.47 bits per heavy atom. The molecule has 1 aliphatic rings. The van der Waals surface area contributed by atoms with Gasteiger partial charge in [0.05, 0.1) is 18.7 Å². The highest BCUT2D eigenvalue weighted by molar-refractivity contribution is 5.95. The number of urea groups is 1. The van der Waals surface area contributed by atoms with Gasteiger partial charge in [0.25, 0.3) is 5.91 Å². The second-order valence-electron chi connectivity index (χ2n) is 3.84. The Hall–Kier alpha value is -2.24. The molecule has 6 nitrogen and oxygen atoms in total. The zero-order valence-corrected chi connectivity index (χ0v) is 9.13. The van der Waals surface area contributed by atoms with E-state index in [4.69, 9.17) is 16.2 Å². The predicted octanol–water partition coefficient (Wildman–Crippen LogP) is -0.0728. The molecule has 1 fully saturated rings. The number of para-hydroxylation sites is 1. The standard InChI is InChI=1S/C11H13N3O3/c12-10(15)8-3-1-2-4-9(8)17-7-5-14(6-7)11(13)16/h1-4,7H,5-6H2,(H2,12,15)(H2,13,16). The number of benzene rings is 1. The van der Waals surface area contributed by atoms with Crippen molar-refractivity contribution in [2.75, 3.05) is 13.1 Å². The van der Waals surface area contributed by atoms with E-state index >= 15 is 0 Å². The van der Waals surface area contributed by atoms with Gasteiger partial charge in [-0.1, -0.05) is 12.1 Å². The van der Waals surface area contributed by atoms with E-state index in [9.17, 15) is 9.59 Å². The normalized spacial score (nSPS) is 15.2. The van der Waals surface area contributed by atoms with Crippen LogP contribution in [0.5, 0.6) is 5.75 Å². The minimum absolute atomic E-state index is 0.136. The van der Waals surface area contributed by atoms with E-state index in [1.807, 2.05) is 0 Å². The van der Waals surface area contributed by atoms with Crippen molar-refractivity contribution >= 4 is 11.9 Å². The third-order valence-corrected chi connectivity index (χ3v) is 2.61. The quantitative estimate of drug-likeness (QED) is 0.766. The molecule has 0 aliphatic carbocycles. The number of nitrogens with two attached hydrogens (primary N) is 2. The fraction of sp³-hybridized carbons (Fsp3) is 0.273. The smallest absolute Gasteiger partial charge is 0.315 e. The summed E-state index contributed by atoms with van der Waals surface area (Å²) in [5, 5.41) is 0. The average molecular weight is 235 g/mol. The molecule has 4 N–H and O–H groups in total. The number of ether oxygens (including phenoxy) is 1. The third-order valence-electron chi connectivity index (χ3n) is 2.61. The van der Waals surface area contributed by atoms with Gasteiger partial charge in [-0.3, -0.25) is 4.79 Å². The molecule has 0 unspecified atom stereocenters. The van der Waals surface area contributed by atoms with Crippen molar-refractivity contribution < 1.29 is 14.3 Å². The summed E-state index contributed by atoms with van der Waals surface area (Å²) in [6, 6.07) is 6.28. The van der Waals surface area contributed by atoms with Gasteiger partial charge < -0.3 is 21.1 Å². The molecule has 1 aromatic rings. The van der Waals surface area contributed by atoms with Crippen LogP contribution < -0.4 is 16.2 Å². The molecule has 0 atom stereocenters. The maximum atomic E-state index is 11.1. The summed E-state index contributed by atoms with van der Waals surface area (Å²) in [4.78, 5) is 23.4. The Bertz CT molecular complexity index is 455. The summed E-state index contributed by atoms with van der Waals surface area (Å²) >= 11 is 0. The van der Waals surface area contributed by atoms with Gasteiger partial charge in [0, 0.05) is 0 Å². The maximum Gasteiger partial charge on any atom is 0.315 e. The molecule has 1 aromatic carbocycles. The lowest BCUT2D eigenvalue weighted by molar-refractivity contribution is 0.0468. The summed E-state index contributed by atoms with van der Waals surface area (Å²) in [6.07, 6.45) is -0.136. The average Bonchev–Trinajstić information content (AvgIpc) is 2.22. The second-order valence-corrected chi connectivity index (χ2v) is 3.84. The first-order valence-electron chi connectivity index (χ1n) is 5.18. The van der Waals surface area contributed by atoms with Crippen molar-refractivity contribution in [1.29, 1.82) is 0 Å². The Morgan fingerprint density at radius 1 is 1.24 bits per heavy atom. The zero-order chi connectivity index (χ0) is 12.4. The van der Waals surface area contributed by atoms with Crippen molar-refractivity contribution in [2.45, 2.75) is 6.10 Å². The molecule has 3 amide bonds. The lowest BCUT2D eigenvalue weighted by atomic mass is 10.1. The molecule has 0 saturated carbocycles. The number of likely N-dealkylation sites (tertiary alicyclic amines) is 1. The monoisotopic (exact) mass is 235 g/mol. The van der Waals surface area contributed by atoms with Crippen LogP contribution in [0.2, 0.25) is 0 Å². The van der Waals surface area contributed by atoms with Crippen LogP contribution in [0.1, 0.15) is 10.4 Å². The molecule has 1 aliphatic heterocycles. The van der Waals surface area contributed by atoms with E-state index in [-0.39, 0.29) is 6.10 Å². The molecule has 0 aromatic heterocycles. The van der Waals surface area contributed by atoms with Crippen LogP contribution in [-0.2, 0) is 0 Å². The molecule has 0 radical (unpaired) electrons. The number of nitrogens with zero attached hydrogens (tertiary/aromatic N) is 1. The number of hydrogen-bond acceptors (Lipinski definition) is 3. The van der Waals surface area contributed by atoms with Crippen molar-refractivity contribution in [3.63, 3.8) is 0 Å². The highest BCUT2D eigenvalue weighted by Gasteiger charge is 2.31. The molecular formula is C11H13N3O3. The number of amides is 3. The minimum Gasteiger partial charge on any atom is -0.486 e. The van der Waals surface area contributed by atoms with Crippen LogP contribution in [0.3, 0.4) is 0 Å². The summed E-state index contributed by atoms with van der Waals surface area (Å²) in [7, 11) is 0. The van der Waals surface area contributed by atoms with Crippen molar-refractivity contribution in [3.05, 3.63) is 29.8 Å². The van der Waals surface area contributed by atoms with Crippen LogP contribution in [0.25, 0.3) is 0 Å². The Labute approximate surface area is 98.1 Å². The minimum atomic E-state index is -0.535. The van der Waals surface area contributed by atoms with Crippen molar-refractivity contribution in [1.82, 2.24) is 4.90 Å². The van der Waals surface area contributed by atoms with E-state index in [0.717, 1.165) is 0 Å². The first kappa shape index (κ1) is 11.3. The molecule has 2 rings (SSSR count). The fourth-order valence-electron chi connectivity index (χ4n) is 1.65. The van der Waals surface area contributed by atoms with Crippen LogP contribution >= 0.6 is 0 Å². The largest absolute Gasteiger partial charge is 0.486 e. The van der Waals surface area contributed by atoms with Gasteiger partial charge in [-0.05, 0) is 12.1 Å². The molecule has 0 bridgehead atoms. The Balaban J connectivity index is 2.01. The zero-order valence-electron chi connectivity index (χ0n) is 9.13. The predicted molar refractivity (Wildman–Crippen MR) is 60.5 cm³/mol. The molecule has 90 valence electrons. The number of carbonyl (C=O) groups excluding carboxylic acids is 2. The van der Waals surface area contributed by atoms with Crippen LogP contribution in [0.15, 0.2) is 24.3 Å². The third kappa shape index (κ3) is 2.30. The van der Waals surface area contributed by atoms with Gasteiger partial charge in [-0.2, -0.15) is 0 Å². The molecule has 6 heteroatoms. The highest BCUT2D eigenvalue weighted by Crippen LogP contribution is 2.21. The van der Waals surface area contributed by atoms with Gasteiger partial charge in [0.1, 0.15) is 11.9 Å². The second kappa shape index (κ2) is 4.32. The van der Waals surface area contributed by atoms with Gasteiger partial charge in [0.2, 0.25) is 0 Å². The van der Waals surface area contributed by atoms with Gasteiger partial charge >= 0.3 is 6.03 Å². The first-order valence-corrected chi connectivity index (χ1v) is 5.18. The highest BCUT2D eigenvalue weighted by atomic mass is 16.5. The number of carbonyl (C=O) groups is 2. The lowest BCUT2D eigenvalue weighted by Gasteiger charge is -2.37. The van der Waals surface area contributed by atoms with E-state index in [0.29, 0.717) is 24.4 Å². The molecule has 1 saturated heterocycles. The van der Waals surface area contributed by atoms with Crippen molar-refractivity contribution in [3.8, 4) is 5.75 Å². The van der Waals surface area contributed by atoms with E-state index in [1.165, 1.54) is 4.90 Å². The van der Waals surface area contributed by atoms with Crippen LogP contribution in [0, 0.1) is 0 Å². The maximum absolute atomic E-state index is 11.1. The van der Waals surface area contributed by atoms with E-state index < -0.39 is 11.9 Å². The molecule has 17 heavy (non-hydrogen) atoms. The summed E-state index contributed by atoms with van der Waals surface area (Å²) in [5.41, 5.74) is 10.6. The molecular weight excluding hydrogens is 222 g/mol. The van der Waals surface area contributed by atoms with Crippen LogP contribution in [-0.4, -0.2) is 36.0 Å².